The Labute approximate surface area is 68.7 Å². The maximum atomic E-state index is 10.7. The zero-order valence-corrected chi connectivity index (χ0v) is 8.01. The lowest BCUT2D eigenvalue weighted by atomic mass is 10.3. The van der Waals surface area contributed by atoms with Gasteiger partial charge >= 0.3 is 0 Å². The number of hydrogen-bond acceptors (Lipinski definition) is 2. The van der Waals surface area contributed by atoms with Gasteiger partial charge in [0, 0.05) is 19.0 Å². The van der Waals surface area contributed by atoms with E-state index in [9.17, 15) is 4.79 Å². The fourth-order valence-electron chi connectivity index (χ4n) is 1.04. The van der Waals surface area contributed by atoms with Gasteiger partial charge in [-0.2, -0.15) is 0 Å². The number of carbonyl (C=O) groups excluding carboxylic acids is 1. The first-order valence-corrected chi connectivity index (χ1v) is 4.00. The van der Waals surface area contributed by atoms with E-state index in [0.29, 0.717) is 12.1 Å². The third-order valence-corrected chi connectivity index (χ3v) is 1.40. The summed E-state index contributed by atoms with van der Waals surface area (Å²) >= 11 is 0. The maximum Gasteiger partial charge on any atom is 0.231 e. The Hall–Kier alpha value is -0.570. The molecule has 3 heteroatoms. The molecule has 0 unspecified atom stereocenters. The third-order valence-electron chi connectivity index (χ3n) is 1.40. The Balaban J connectivity index is 4.00. The Bertz CT molecular complexity index is 124. The van der Waals surface area contributed by atoms with E-state index in [1.807, 2.05) is 5.01 Å². The van der Waals surface area contributed by atoms with E-state index in [1.54, 1.807) is 0 Å². The van der Waals surface area contributed by atoms with Crippen LogP contribution >= 0.6 is 0 Å². The largest absolute Gasteiger partial charge is 0.289 e. The van der Waals surface area contributed by atoms with Crippen LogP contribution in [-0.2, 0) is 4.79 Å². The summed E-state index contributed by atoms with van der Waals surface area (Å²) in [6.45, 7) is 9.73. The van der Waals surface area contributed by atoms with Gasteiger partial charge in [-0.25, -0.2) is 5.01 Å². The molecule has 1 amide bonds. The second-order valence-electron chi connectivity index (χ2n) is 3.26. The second kappa shape index (κ2) is 4.34. The zero-order chi connectivity index (χ0) is 9.02. The topological polar surface area (TPSA) is 32.3 Å². The Morgan fingerprint density at radius 3 is 1.64 bits per heavy atom. The van der Waals surface area contributed by atoms with Gasteiger partial charge in [-0.3, -0.25) is 10.2 Å². The number of hydrazine groups is 1. The van der Waals surface area contributed by atoms with Crippen molar-refractivity contribution in [1.29, 1.82) is 0 Å². The summed E-state index contributed by atoms with van der Waals surface area (Å²) in [4.78, 5) is 10.7. The van der Waals surface area contributed by atoms with Gasteiger partial charge in [-0.05, 0) is 27.7 Å². The van der Waals surface area contributed by atoms with Crippen molar-refractivity contribution in [2.24, 2.45) is 0 Å². The summed E-state index contributed by atoms with van der Waals surface area (Å²) in [5.41, 5.74) is 2.77. The van der Waals surface area contributed by atoms with E-state index in [-0.39, 0.29) is 5.91 Å². The number of nitrogens with one attached hydrogen (secondary N) is 1. The average molecular weight is 158 g/mol. The molecule has 0 aliphatic carbocycles. The molecule has 0 fully saturated rings. The van der Waals surface area contributed by atoms with Crippen LogP contribution < -0.4 is 5.43 Å². The van der Waals surface area contributed by atoms with Crippen LogP contribution in [0.1, 0.15) is 34.6 Å². The highest BCUT2D eigenvalue weighted by atomic mass is 16.2. The highest BCUT2D eigenvalue weighted by Crippen LogP contribution is 1.99. The van der Waals surface area contributed by atoms with Crippen LogP contribution in [0.3, 0.4) is 0 Å². The van der Waals surface area contributed by atoms with Crippen molar-refractivity contribution in [3.8, 4) is 0 Å². The molecule has 0 atom stereocenters. The Morgan fingerprint density at radius 1 is 1.18 bits per heavy atom. The fraction of sp³-hybridized carbons (Fsp3) is 0.875. The van der Waals surface area contributed by atoms with Crippen LogP contribution in [0.15, 0.2) is 0 Å². The predicted octanol–water partition coefficient (Wildman–Crippen LogP) is 1.16. The SMILES string of the molecule is CC(=O)NN(C(C)C)C(C)C. The third kappa shape index (κ3) is 3.98. The summed E-state index contributed by atoms with van der Waals surface area (Å²) < 4.78 is 0. The van der Waals surface area contributed by atoms with E-state index in [4.69, 9.17) is 0 Å². The highest BCUT2D eigenvalue weighted by molar-refractivity contribution is 5.72. The summed E-state index contributed by atoms with van der Waals surface area (Å²) in [7, 11) is 0. The molecule has 0 aromatic carbocycles. The Kier molecular flexibility index (Phi) is 4.11. The second-order valence-corrected chi connectivity index (χ2v) is 3.26. The number of rotatable bonds is 3. The maximum absolute atomic E-state index is 10.7. The first-order valence-electron chi connectivity index (χ1n) is 4.00. The average Bonchev–Trinajstić information content (AvgIpc) is 1.81. The van der Waals surface area contributed by atoms with E-state index in [0.717, 1.165) is 0 Å². The van der Waals surface area contributed by atoms with Crippen molar-refractivity contribution in [3.05, 3.63) is 0 Å². The lowest BCUT2D eigenvalue weighted by Crippen LogP contribution is -2.49. The van der Waals surface area contributed by atoms with Crippen LogP contribution in [0, 0.1) is 0 Å². The van der Waals surface area contributed by atoms with Gasteiger partial charge in [0.1, 0.15) is 0 Å². The Morgan fingerprint density at radius 2 is 1.55 bits per heavy atom. The quantitative estimate of drug-likeness (QED) is 0.625. The molecule has 0 radical (unpaired) electrons. The molecule has 0 spiro atoms. The number of hydrogen-bond donors (Lipinski definition) is 1. The molecule has 0 aromatic heterocycles. The molecule has 3 nitrogen and oxygen atoms in total. The van der Waals surface area contributed by atoms with Gasteiger partial charge in [0.15, 0.2) is 0 Å². The van der Waals surface area contributed by atoms with E-state index in [2.05, 4.69) is 33.1 Å². The lowest BCUT2D eigenvalue weighted by molar-refractivity contribution is -0.125. The van der Waals surface area contributed by atoms with Gasteiger partial charge in [0.25, 0.3) is 0 Å². The van der Waals surface area contributed by atoms with Crippen molar-refractivity contribution in [2.75, 3.05) is 0 Å². The van der Waals surface area contributed by atoms with Crippen molar-refractivity contribution in [3.63, 3.8) is 0 Å². The molecule has 0 aliphatic rings. The summed E-state index contributed by atoms with van der Waals surface area (Å²) in [5.74, 6) is -0.00704. The van der Waals surface area contributed by atoms with Gasteiger partial charge in [0.05, 0.1) is 0 Å². The summed E-state index contributed by atoms with van der Waals surface area (Å²) in [6, 6.07) is 0.692. The van der Waals surface area contributed by atoms with E-state index < -0.39 is 0 Å². The van der Waals surface area contributed by atoms with E-state index in [1.165, 1.54) is 6.92 Å². The van der Waals surface area contributed by atoms with Crippen LogP contribution in [0.25, 0.3) is 0 Å². The molecule has 11 heavy (non-hydrogen) atoms. The van der Waals surface area contributed by atoms with Crippen molar-refractivity contribution >= 4 is 5.91 Å². The van der Waals surface area contributed by atoms with Gasteiger partial charge in [-0.1, -0.05) is 0 Å². The number of nitrogens with zero attached hydrogens (tertiary/aromatic N) is 1. The molecule has 0 bridgehead atoms. The first-order chi connectivity index (χ1) is 4.95. The highest BCUT2D eigenvalue weighted by Gasteiger charge is 2.13. The first kappa shape index (κ1) is 10.4. The molecular formula is C8H18N2O. The molecule has 0 heterocycles. The minimum atomic E-state index is -0.00704. The molecule has 0 aliphatic heterocycles. The van der Waals surface area contributed by atoms with Crippen molar-refractivity contribution in [2.45, 2.75) is 46.7 Å². The smallest absolute Gasteiger partial charge is 0.231 e. The summed E-state index contributed by atoms with van der Waals surface area (Å²) in [5, 5.41) is 1.93. The monoisotopic (exact) mass is 158 g/mol. The normalized spacial score (nSPS) is 11.3. The summed E-state index contributed by atoms with van der Waals surface area (Å²) in [6.07, 6.45) is 0. The van der Waals surface area contributed by atoms with Crippen molar-refractivity contribution < 1.29 is 4.79 Å². The minimum Gasteiger partial charge on any atom is -0.289 e. The molecule has 66 valence electrons. The van der Waals surface area contributed by atoms with Gasteiger partial charge in [0.2, 0.25) is 5.91 Å². The molecular weight excluding hydrogens is 140 g/mol. The van der Waals surface area contributed by atoms with Crippen LogP contribution in [0.5, 0.6) is 0 Å². The zero-order valence-electron chi connectivity index (χ0n) is 8.01. The molecule has 0 rings (SSSR count). The van der Waals surface area contributed by atoms with Crippen molar-refractivity contribution in [1.82, 2.24) is 10.4 Å². The van der Waals surface area contributed by atoms with Crippen LogP contribution in [-0.4, -0.2) is 23.0 Å². The molecule has 0 aromatic rings. The molecule has 1 N–H and O–H groups in total. The lowest BCUT2D eigenvalue weighted by Gasteiger charge is -2.30. The molecule has 0 saturated heterocycles. The van der Waals surface area contributed by atoms with Gasteiger partial charge < -0.3 is 0 Å². The predicted molar refractivity (Wildman–Crippen MR) is 45.9 cm³/mol. The van der Waals surface area contributed by atoms with E-state index >= 15 is 0 Å². The van der Waals surface area contributed by atoms with Gasteiger partial charge in [-0.15, -0.1) is 0 Å². The number of carbonyl (C=O) groups is 1. The standard InChI is InChI=1S/C8H18N2O/c1-6(2)10(7(3)4)9-8(5)11/h6-7H,1-5H3,(H,9,11). The van der Waals surface area contributed by atoms with Crippen LogP contribution in [0.2, 0.25) is 0 Å². The van der Waals surface area contributed by atoms with Crippen LogP contribution in [0.4, 0.5) is 0 Å². The minimum absolute atomic E-state index is 0.00704. The fourth-order valence-corrected chi connectivity index (χ4v) is 1.04. The number of amides is 1. The molecule has 0 saturated carbocycles.